The number of nitrogens with zero attached hydrogens (tertiary/aromatic N) is 3. The first-order chi connectivity index (χ1) is 23.3. The Bertz CT molecular complexity index is 2410. The van der Waals surface area contributed by atoms with Crippen molar-refractivity contribution in [2.75, 3.05) is 0 Å². The largest absolute Gasteiger partial charge is 0.506 e. The van der Waals surface area contributed by atoms with Crippen LogP contribution in [0.2, 0.25) is 0 Å². The van der Waals surface area contributed by atoms with Crippen molar-refractivity contribution in [2.45, 2.75) is 48.0 Å². The molecule has 0 unspecified atom stereocenters. The summed E-state index contributed by atoms with van der Waals surface area (Å²) in [6.07, 6.45) is 6.53. The van der Waals surface area contributed by atoms with Gasteiger partial charge in [-0.15, -0.1) is 41.0 Å². The summed E-state index contributed by atoms with van der Waals surface area (Å²) in [6.45, 7) is 12.6. The summed E-state index contributed by atoms with van der Waals surface area (Å²) in [5.74, 6) is 0. The van der Waals surface area contributed by atoms with Crippen molar-refractivity contribution < 1.29 is 24.5 Å². The number of rotatable bonds is 4. The maximum Gasteiger partial charge on any atom is 0.0847 e. The Morgan fingerprint density at radius 3 is 2.27 bits per heavy atom. The van der Waals surface area contributed by atoms with E-state index in [-0.39, 0.29) is 20.1 Å². The van der Waals surface area contributed by atoms with Crippen molar-refractivity contribution in [3.05, 3.63) is 149 Å². The molecule has 0 atom stereocenters. The van der Waals surface area contributed by atoms with Crippen LogP contribution >= 0.6 is 0 Å². The van der Waals surface area contributed by atoms with Crippen LogP contribution in [0.25, 0.3) is 66.3 Å². The average molecular weight is 816 g/mol. The molecule has 0 N–H and O–H groups in total. The van der Waals surface area contributed by atoms with Gasteiger partial charge in [-0.2, -0.15) is 0 Å². The zero-order valence-electron chi connectivity index (χ0n) is 28.6. The van der Waals surface area contributed by atoms with Gasteiger partial charge >= 0.3 is 0 Å². The van der Waals surface area contributed by atoms with Crippen LogP contribution in [0.5, 0.6) is 0 Å². The van der Waals surface area contributed by atoms with E-state index in [9.17, 15) is 0 Å². The van der Waals surface area contributed by atoms with Gasteiger partial charge in [0.15, 0.2) is 0 Å². The predicted molar refractivity (Wildman–Crippen MR) is 198 cm³/mol. The van der Waals surface area contributed by atoms with E-state index >= 15 is 0 Å². The molecule has 8 aromatic rings. The normalized spacial score (nSPS) is 11.0. The third-order valence-electron chi connectivity index (χ3n) is 9.18. The third kappa shape index (κ3) is 6.96. The molecule has 0 bridgehead atoms. The standard InChI is InChI=1S/C29H21N2O.C15H16N.Ir/c1-3-19-5-6-21-15-22(8-7-20(21)14-19)23-10-12-30-27(17-23)26-16-24-11-13-32-29(24)28-25(26)9-4-18(2)31-28;1-10-5-6-14(7-11(10)2)15-8-12(3)13(4)9-16-15;/h4-15,17H,3H2,1-2H3;5,7-9H,1-4H3;/q2*-1;. The fourth-order valence-electron chi connectivity index (χ4n) is 5.96. The smallest absolute Gasteiger partial charge is 0.0847 e. The van der Waals surface area contributed by atoms with Crippen molar-refractivity contribution in [2.24, 2.45) is 0 Å². The first kappa shape index (κ1) is 33.9. The predicted octanol–water partition coefficient (Wildman–Crippen LogP) is 11.3. The molecule has 0 saturated heterocycles. The van der Waals surface area contributed by atoms with E-state index in [1.165, 1.54) is 44.2 Å². The van der Waals surface area contributed by atoms with E-state index in [4.69, 9.17) is 14.4 Å². The van der Waals surface area contributed by atoms with Crippen molar-refractivity contribution in [3.8, 4) is 33.6 Å². The van der Waals surface area contributed by atoms with Gasteiger partial charge in [0, 0.05) is 55.7 Å². The van der Waals surface area contributed by atoms with Gasteiger partial charge in [-0.25, -0.2) is 0 Å². The number of fused-ring (bicyclic) bond motifs is 4. The maximum atomic E-state index is 5.71. The maximum absolute atomic E-state index is 5.71. The minimum absolute atomic E-state index is 0. The van der Waals surface area contributed by atoms with Gasteiger partial charge in [0.05, 0.1) is 5.58 Å². The third-order valence-corrected chi connectivity index (χ3v) is 9.18. The van der Waals surface area contributed by atoms with E-state index in [0.29, 0.717) is 0 Å². The number of benzene rings is 4. The number of pyridine rings is 3. The summed E-state index contributed by atoms with van der Waals surface area (Å²) >= 11 is 0. The van der Waals surface area contributed by atoms with Crippen LogP contribution in [-0.2, 0) is 26.5 Å². The molecule has 4 aromatic carbocycles. The minimum atomic E-state index is 0. The van der Waals surface area contributed by atoms with E-state index in [1.54, 1.807) is 6.26 Å². The van der Waals surface area contributed by atoms with E-state index in [2.05, 4.69) is 118 Å². The molecule has 4 nitrogen and oxygen atoms in total. The van der Waals surface area contributed by atoms with Crippen LogP contribution in [0.3, 0.4) is 0 Å². The van der Waals surface area contributed by atoms with E-state index < -0.39 is 0 Å². The number of aromatic nitrogens is 3. The Labute approximate surface area is 301 Å². The molecular formula is C44H37IrN3O-2. The number of hydrogen-bond donors (Lipinski definition) is 0. The monoisotopic (exact) mass is 816 g/mol. The first-order valence-electron chi connectivity index (χ1n) is 16.4. The fourth-order valence-corrected chi connectivity index (χ4v) is 5.96. The molecule has 0 saturated carbocycles. The molecule has 5 heteroatoms. The van der Waals surface area contributed by atoms with Crippen molar-refractivity contribution in [1.82, 2.24) is 15.0 Å². The van der Waals surface area contributed by atoms with Crippen LogP contribution in [0.4, 0.5) is 0 Å². The second-order valence-electron chi connectivity index (χ2n) is 12.6. The summed E-state index contributed by atoms with van der Waals surface area (Å²) in [5.41, 5.74) is 15.2. The van der Waals surface area contributed by atoms with Gasteiger partial charge in [-0.05, 0) is 84.1 Å². The molecule has 0 amide bonds. The molecule has 0 aliphatic heterocycles. The van der Waals surface area contributed by atoms with Crippen molar-refractivity contribution in [1.29, 1.82) is 0 Å². The Morgan fingerprint density at radius 1 is 0.694 bits per heavy atom. The Hall–Kier alpha value is -4.96. The summed E-state index contributed by atoms with van der Waals surface area (Å²) in [4.78, 5) is 13.9. The first-order valence-corrected chi connectivity index (χ1v) is 16.4. The van der Waals surface area contributed by atoms with Crippen molar-refractivity contribution >= 4 is 32.6 Å². The van der Waals surface area contributed by atoms with Crippen molar-refractivity contribution in [3.63, 3.8) is 0 Å². The zero-order valence-corrected chi connectivity index (χ0v) is 31.0. The van der Waals surface area contributed by atoms with Crippen LogP contribution in [0.15, 0.2) is 108 Å². The Morgan fingerprint density at radius 2 is 1.47 bits per heavy atom. The molecule has 245 valence electrons. The Kier molecular flexibility index (Phi) is 9.87. The number of furan rings is 1. The van der Waals surface area contributed by atoms with E-state index in [0.717, 1.165) is 62.1 Å². The fraction of sp³-hybridized carbons (Fsp3) is 0.159. The summed E-state index contributed by atoms with van der Waals surface area (Å²) in [7, 11) is 0. The molecule has 0 aliphatic rings. The van der Waals surface area contributed by atoms with Crippen LogP contribution in [0.1, 0.15) is 40.4 Å². The molecule has 0 spiro atoms. The van der Waals surface area contributed by atoms with Gasteiger partial charge in [0.2, 0.25) is 0 Å². The summed E-state index contributed by atoms with van der Waals surface area (Å²) in [5, 5.41) is 4.42. The molecule has 1 radical (unpaired) electrons. The van der Waals surface area contributed by atoms with Crippen LogP contribution in [-0.4, -0.2) is 15.0 Å². The number of aryl methyl sites for hydroxylation is 6. The summed E-state index contributed by atoms with van der Waals surface area (Å²) < 4.78 is 5.71. The zero-order chi connectivity index (χ0) is 33.4. The van der Waals surface area contributed by atoms with Gasteiger partial charge in [-0.3, -0.25) is 9.97 Å². The SMILES string of the molecule is CCc1ccc2cc(-c3ccnc(-c4[c-]c5ccoc5c5nc(C)ccc45)c3)ccc2c1.Cc1c[c-]c(-c2cc(C)c(C)cn2)cc1C.[Ir]. The molecule has 0 aliphatic carbocycles. The minimum Gasteiger partial charge on any atom is -0.506 e. The second kappa shape index (κ2) is 14.3. The quantitative estimate of drug-likeness (QED) is 0.166. The Balaban J connectivity index is 0.000000208. The number of hydrogen-bond acceptors (Lipinski definition) is 4. The van der Waals surface area contributed by atoms with Crippen LogP contribution in [0, 0.1) is 46.8 Å². The average Bonchev–Trinajstić information content (AvgIpc) is 3.59. The molecular weight excluding hydrogens is 779 g/mol. The molecule has 0 fully saturated rings. The van der Waals surface area contributed by atoms with Gasteiger partial charge in [-0.1, -0.05) is 97.3 Å². The van der Waals surface area contributed by atoms with Gasteiger partial charge in [0.25, 0.3) is 0 Å². The molecule has 4 aromatic heterocycles. The molecule has 8 rings (SSSR count). The van der Waals surface area contributed by atoms with Crippen LogP contribution < -0.4 is 0 Å². The van der Waals surface area contributed by atoms with Gasteiger partial charge in [0.1, 0.15) is 0 Å². The molecule has 49 heavy (non-hydrogen) atoms. The topological polar surface area (TPSA) is 51.8 Å². The summed E-state index contributed by atoms with van der Waals surface area (Å²) in [6, 6.07) is 36.6. The second-order valence-corrected chi connectivity index (χ2v) is 12.6. The molecule has 4 heterocycles. The van der Waals surface area contributed by atoms with E-state index in [1.807, 2.05) is 37.5 Å². The van der Waals surface area contributed by atoms with Gasteiger partial charge < -0.3 is 9.40 Å².